The molecule has 1 N–H and O–H groups in total. The minimum absolute atomic E-state index is 0.271. The predicted octanol–water partition coefficient (Wildman–Crippen LogP) is 3.18. The minimum Gasteiger partial charge on any atom is -0.493 e. The number of hydrogen-bond acceptors (Lipinski definition) is 6. The van der Waals surface area contributed by atoms with Gasteiger partial charge in [-0.15, -0.1) is 0 Å². The molecule has 1 aromatic carbocycles. The number of benzene rings is 1. The van der Waals surface area contributed by atoms with Gasteiger partial charge in [0.15, 0.2) is 11.5 Å². The van der Waals surface area contributed by atoms with E-state index in [0.29, 0.717) is 28.3 Å². The van der Waals surface area contributed by atoms with E-state index in [0.717, 1.165) is 5.56 Å². The molecule has 0 aliphatic carbocycles. The van der Waals surface area contributed by atoms with Crippen LogP contribution in [-0.2, 0) is 9.53 Å². The standard InChI is InChI=1S/C21H21N3O5/c1-4-29-21(26)16-13-22-24-10-9-15(12-17(16)24)23-20(25)8-6-14-5-7-18(27-2)19(11-14)28-3/h5-13H,4H2,1-3H3,(H,23,25)/b8-6+. The molecule has 0 bridgehead atoms. The Kier molecular flexibility index (Phi) is 6.13. The van der Waals surface area contributed by atoms with Gasteiger partial charge in [-0.1, -0.05) is 6.07 Å². The number of carbonyl (C=O) groups is 2. The molecule has 1 amide bonds. The molecule has 0 saturated carbocycles. The second-order valence-electron chi connectivity index (χ2n) is 5.96. The highest BCUT2D eigenvalue weighted by Crippen LogP contribution is 2.28. The quantitative estimate of drug-likeness (QED) is 0.488. The number of methoxy groups -OCH3 is 2. The van der Waals surface area contributed by atoms with Crippen LogP contribution in [0.25, 0.3) is 11.6 Å². The smallest absolute Gasteiger partial charge is 0.341 e. The van der Waals surface area contributed by atoms with E-state index in [4.69, 9.17) is 14.2 Å². The maximum atomic E-state index is 12.3. The number of carbonyl (C=O) groups excluding carboxylic acids is 2. The summed E-state index contributed by atoms with van der Waals surface area (Å²) in [5.74, 6) is 0.411. The van der Waals surface area contributed by atoms with E-state index in [9.17, 15) is 9.59 Å². The number of fused-ring (bicyclic) bond motifs is 1. The fraction of sp³-hybridized carbons (Fsp3) is 0.190. The third kappa shape index (κ3) is 4.55. The molecule has 0 spiro atoms. The van der Waals surface area contributed by atoms with E-state index < -0.39 is 5.97 Å². The van der Waals surface area contributed by atoms with Gasteiger partial charge in [-0.05, 0) is 42.8 Å². The van der Waals surface area contributed by atoms with Crippen molar-refractivity contribution in [3.63, 3.8) is 0 Å². The lowest BCUT2D eigenvalue weighted by Crippen LogP contribution is -2.08. The van der Waals surface area contributed by atoms with E-state index in [1.54, 1.807) is 62.2 Å². The van der Waals surface area contributed by atoms with Gasteiger partial charge >= 0.3 is 5.97 Å². The zero-order chi connectivity index (χ0) is 20.8. The van der Waals surface area contributed by atoms with Gasteiger partial charge < -0.3 is 19.5 Å². The van der Waals surface area contributed by atoms with E-state index in [2.05, 4.69) is 10.4 Å². The molecule has 0 unspecified atom stereocenters. The fourth-order valence-electron chi connectivity index (χ4n) is 2.74. The number of aromatic nitrogens is 2. The van der Waals surface area contributed by atoms with Crippen LogP contribution < -0.4 is 14.8 Å². The maximum Gasteiger partial charge on any atom is 0.341 e. The topological polar surface area (TPSA) is 91.2 Å². The fourth-order valence-corrected chi connectivity index (χ4v) is 2.74. The Morgan fingerprint density at radius 3 is 2.66 bits per heavy atom. The Morgan fingerprint density at radius 2 is 1.93 bits per heavy atom. The van der Waals surface area contributed by atoms with Crippen molar-refractivity contribution in [1.82, 2.24) is 9.61 Å². The number of esters is 1. The lowest BCUT2D eigenvalue weighted by Gasteiger charge is -2.07. The number of hydrogen-bond donors (Lipinski definition) is 1. The van der Waals surface area contributed by atoms with Crippen LogP contribution in [0.5, 0.6) is 11.5 Å². The predicted molar refractivity (Wildman–Crippen MR) is 108 cm³/mol. The number of pyridine rings is 1. The van der Waals surface area contributed by atoms with Crippen molar-refractivity contribution in [3.05, 3.63) is 59.9 Å². The second-order valence-corrected chi connectivity index (χ2v) is 5.96. The number of amides is 1. The summed E-state index contributed by atoms with van der Waals surface area (Å²) in [6.07, 6.45) is 6.17. The van der Waals surface area contributed by atoms with Gasteiger partial charge in [0, 0.05) is 18.0 Å². The first-order valence-corrected chi connectivity index (χ1v) is 8.91. The molecule has 2 aromatic heterocycles. The molecule has 0 aliphatic rings. The zero-order valence-electron chi connectivity index (χ0n) is 16.3. The molecule has 0 saturated heterocycles. The normalized spacial score (nSPS) is 10.9. The second kappa shape index (κ2) is 8.92. The van der Waals surface area contributed by atoms with Crippen molar-refractivity contribution in [2.24, 2.45) is 0 Å². The first kappa shape index (κ1) is 19.9. The Balaban J connectivity index is 1.75. The van der Waals surface area contributed by atoms with Crippen LogP contribution >= 0.6 is 0 Å². The van der Waals surface area contributed by atoms with E-state index >= 15 is 0 Å². The number of rotatable bonds is 7. The van der Waals surface area contributed by atoms with Gasteiger partial charge in [0.1, 0.15) is 5.56 Å². The lowest BCUT2D eigenvalue weighted by atomic mass is 10.2. The Labute approximate surface area is 167 Å². The van der Waals surface area contributed by atoms with Crippen molar-refractivity contribution < 1.29 is 23.8 Å². The molecule has 8 heteroatoms. The van der Waals surface area contributed by atoms with Gasteiger partial charge in [0.05, 0.1) is 32.5 Å². The highest BCUT2D eigenvalue weighted by Gasteiger charge is 2.14. The number of nitrogens with zero attached hydrogens (tertiary/aromatic N) is 2. The van der Waals surface area contributed by atoms with Crippen molar-refractivity contribution >= 4 is 29.2 Å². The molecule has 0 fully saturated rings. The van der Waals surface area contributed by atoms with E-state index in [1.807, 2.05) is 6.07 Å². The van der Waals surface area contributed by atoms with Crippen LogP contribution in [0.4, 0.5) is 5.69 Å². The summed E-state index contributed by atoms with van der Waals surface area (Å²) in [5, 5.41) is 6.88. The van der Waals surface area contributed by atoms with Crippen LogP contribution in [-0.4, -0.2) is 42.3 Å². The van der Waals surface area contributed by atoms with E-state index in [-0.39, 0.29) is 12.5 Å². The summed E-state index contributed by atoms with van der Waals surface area (Å²) in [4.78, 5) is 24.3. The zero-order valence-corrected chi connectivity index (χ0v) is 16.3. The molecule has 150 valence electrons. The highest BCUT2D eigenvalue weighted by atomic mass is 16.5. The molecule has 3 aromatic rings. The number of nitrogens with one attached hydrogen (secondary N) is 1. The summed E-state index contributed by atoms with van der Waals surface area (Å²) in [6.45, 7) is 2.01. The van der Waals surface area contributed by atoms with E-state index in [1.165, 1.54) is 12.3 Å². The number of ether oxygens (including phenoxy) is 3. The van der Waals surface area contributed by atoms with Crippen LogP contribution in [0, 0.1) is 0 Å². The SMILES string of the molecule is CCOC(=O)c1cnn2ccc(NC(=O)/C=C/c3ccc(OC)c(OC)c3)cc12. The average molecular weight is 395 g/mol. The molecule has 29 heavy (non-hydrogen) atoms. The first-order valence-electron chi connectivity index (χ1n) is 8.91. The largest absolute Gasteiger partial charge is 0.493 e. The highest BCUT2D eigenvalue weighted by molar-refractivity contribution is 6.03. The molecular weight excluding hydrogens is 374 g/mol. The van der Waals surface area contributed by atoms with Crippen molar-refractivity contribution in [3.8, 4) is 11.5 Å². The minimum atomic E-state index is -0.459. The molecule has 2 heterocycles. The van der Waals surface area contributed by atoms with Crippen LogP contribution in [0.1, 0.15) is 22.8 Å². The van der Waals surface area contributed by atoms with Gasteiger partial charge in [0.2, 0.25) is 5.91 Å². The third-order valence-electron chi connectivity index (χ3n) is 4.12. The van der Waals surface area contributed by atoms with Gasteiger partial charge in [-0.3, -0.25) is 4.79 Å². The van der Waals surface area contributed by atoms with Gasteiger partial charge in [-0.25, -0.2) is 9.31 Å². The Morgan fingerprint density at radius 1 is 1.14 bits per heavy atom. The van der Waals surface area contributed by atoms with Crippen molar-refractivity contribution in [2.45, 2.75) is 6.92 Å². The molecule has 8 nitrogen and oxygen atoms in total. The molecule has 0 radical (unpaired) electrons. The molecule has 0 atom stereocenters. The Bertz CT molecular complexity index is 1070. The Hall–Kier alpha value is -3.81. The van der Waals surface area contributed by atoms with Crippen molar-refractivity contribution in [2.75, 3.05) is 26.1 Å². The molecule has 3 rings (SSSR count). The monoisotopic (exact) mass is 395 g/mol. The summed E-state index contributed by atoms with van der Waals surface area (Å²) in [5.41, 5.74) is 2.20. The summed E-state index contributed by atoms with van der Waals surface area (Å²) < 4.78 is 17.0. The molecular formula is C21H21N3O5. The van der Waals surface area contributed by atoms with Crippen molar-refractivity contribution in [1.29, 1.82) is 0 Å². The van der Waals surface area contributed by atoms with Crippen LogP contribution in [0.2, 0.25) is 0 Å². The maximum absolute atomic E-state index is 12.3. The van der Waals surface area contributed by atoms with Crippen LogP contribution in [0.15, 0.2) is 48.8 Å². The molecule has 0 aliphatic heterocycles. The number of anilines is 1. The summed E-state index contributed by atoms with van der Waals surface area (Å²) >= 11 is 0. The third-order valence-corrected chi connectivity index (χ3v) is 4.12. The first-order chi connectivity index (χ1) is 14.0. The average Bonchev–Trinajstić information content (AvgIpc) is 3.15. The lowest BCUT2D eigenvalue weighted by molar-refractivity contribution is -0.111. The van der Waals surface area contributed by atoms with Gasteiger partial charge in [0.25, 0.3) is 0 Å². The summed E-state index contributed by atoms with van der Waals surface area (Å²) in [7, 11) is 3.11. The van der Waals surface area contributed by atoms with Crippen LogP contribution in [0.3, 0.4) is 0 Å². The van der Waals surface area contributed by atoms with Gasteiger partial charge in [-0.2, -0.15) is 5.10 Å². The summed E-state index contributed by atoms with van der Waals surface area (Å²) in [6, 6.07) is 8.71.